The molecular formula is C20H25ClO2. The van der Waals surface area contributed by atoms with Crippen molar-refractivity contribution >= 4 is 11.6 Å². The zero-order valence-electron chi connectivity index (χ0n) is 14.3. The van der Waals surface area contributed by atoms with E-state index in [0.29, 0.717) is 13.2 Å². The summed E-state index contributed by atoms with van der Waals surface area (Å²) in [7, 11) is 0. The van der Waals surface area contributed by atoms with Crippen LogP contribution in [0.1, 0.15) is 44.7 Å². The van der Waals surface area contributed by atoms with Gasteiger partial charge in [-0.3, -0.25) is 0 Å². The smallest absolute Gasteiger partial charge is 0.119 e. The predicted molar refractivity (Wildman–Crippen MR) is 97.0 cm³/mol. The van der Waals surface area contributed by atoms with Gasteiger partial charge in [0.2, 0.25) is 0 Å². The number of benzene rings is 2. The van der Waals surface area contributed by atoms with Crippen LogP contribution in [0, 0.1) is 0 Å². The average Bonchev–Trinajstić information content (AvgIpc) is 2.50. The van der Waals surface area contributed by atoms with Crippen molar-refractivity contribution in [2.45, 2.75) is 38.5 Å². The van der Waals surface area contributed by atoms with Crippen molar-refractivity contribution in [2.75, 3.05) is 13.2 Å². The Morgan fingerprint density at radius 2 is 1.13 bits per heavy atom. The molecule has 0 fully saturated rings. The van der Waals surface area contributed by atoms with E-state index in [1.165, 1.54) is 11.1 Å². The molecule has 0 aliphatic rings. The Labute approximate surface area is 144 Å². The van der Waals surface area contributed by atoms with Gasteiger partial charge in [0.25, 0.3) is 0 Å². The van der Waals surface area contributed by atoms with Crippen molar-refractivity contribution < 1.29 is 9.47 Å². The molecule has 2 nitrogen and oxygen atoms in total. The summed E-state index contributed by atoms with van der Waals surface area (Å²) < 4.78 is 11.1. The zero-order chi connectivity index (χ0) is 16.9. The lowest BCUT2D eigenvalue weighted by molar-refractivity contribution is 0.340. The van der Waals surface area contributed by atoms with Gasteiger partial charge in [-0.05, 0) is 63.1 Å². The minimum atomic E-state index is -0.403. The van der Waals surface area contributed by atoms with E-state index in [2.05, 4.69) is 24.3 Å². The number of hydrogen-bond acceptors (Lipinski definition) is 2. The molecule has 0 spiro atoms. The van der Waals surface area contributed by atoms with Gasteiger partial charge in [0, 0.05) is 10.8 Å². The van der Waals surface area contributed by atoms with Crippen LogP contribution in [0.15, 0.2) is 48.5 Å². The van der Waals surface area contributed by atoms with Gasteiger partial charge < -0.3 is 9.47 Å². The Balaban J connectivity index is 2.33. The SMILES string of the molecule is CCOc1ccc(C(c2ccc(OCC)cc2)C(C)(C)Cl)cc1. The summed E-state index contributed by atoms with van der Waals surface area (Å²) >= 11 is 6.71. The van der Waals surface area contributed by atoms with Gasteiger partial charge in [-0.1, -0.05) is 24.3 Å². The van der Waals surface area contributed by atoms with Crippen LogP contribution in [0.3, 0.4) is 0 Å². The maximum absolute atomic E-state index is 6.71. The lowest BCUT2D eigenvalue weighted by Crippen LogP contribution is -2.23. The molecule has 0 amide bonds. The molecule has 124 valence electrons. The number of halogens is 1. The van der Waals surface area contributed by atoms with Gasteiger partial charge in [0.05, 0.1) is 13.2 Å². The predicted octanol–water partition coefficient (Wildman–Crippen LogP) is 5.63. The third-order valence-electron chi connectivity index (χ3n) is 3.74. The lowest BCUT2D eigenvalue weighted by Gasteiger charge is -2.30. The summed E-state index contributed by atoms with van der Waals surface area (Å²) in [4.78, 5) is -0.403. The first kappa shape index (κ1) is 17.7. The van der Waals surface area contributed by atoms with Crippen LogP contribution >= 0.6 is 11.6 Å². The Hall–Kier alpha value is -1.67. The van der Waals surface area contributed by atoms with Gasteiger partial charge in [-0.25, -0.2) is 0 Å². The van der Waals surface area contributed by atoms with Crippen LogP contribution < -0.4 is 9.47 Å². The summed E-state index contributed by atoms with van der Waals surface area (Å²) in [6, 6.07) is 16.4. The summed E-state index contributed by atoms with van der Waals surface area (Å²) in [5.74, 6) is 1.86. The average molecular weight is 333 g/mol. The van der Waals surface area contributed by atoms with Crippen LogP contribution in [-0.4, -0.2) is 18.1 Å². The quantitative estimate of drug-likeness (QED) is 0.611. The first-order valence-electron chi connectivity index (χ1n) is 8.10. The molecule has 0 unspecified atom stereocenters. The third-order valence-corrected chi connectivity index (χ3v) is 3.95. The second-order valence-corrected chi connectivity index (χ2v) is 6.98. The largest absolute Gasteiger partial charge is 0.494 e. The molecule has 0 radical (unpaired) electrons. The highest BCUT2D eigenvalue weighted by atomic mass is 35.5. The Morgan fingerprint density at radius 1 is 0.783 bits per heavy atom. The second-order valence-electron chi connectivity index (χ2n) is 6.00. The number of hydrogen-bond donors (Lipinski definition) is 0. The van der Waals surface area contributed by atoms with Crippen LogP contribution in [0.2, 0.25) is 0 Å². The molecule has 3 heteroatoms. The second kappa shape index (κ2) is 7.74. The summed E-state index contributed by atoms with van der Waals surface area (Å²) in [5.41, 5.74) is 2.36. The zero-order valence-corrected chi connectivity index (χ0v) is 15.1. The van der Waals surface area contributed by atoms with Gasteiger partial charge in [-0.2, -0.15) is 0 Å². The van der Waals surface area contributed by atoms with Crippen molar-refractivity contribution in [1.82, 2.24) is 0 Å². The number of rotatable bonds is 7. The maximum atomic E-state index is 6.71. The fraction of sp³-hybridized carbons (Fsp3) is 0.400. The molecule has 0 N–H and O–H groups in total. The van der Waals surface area contributed by atoms with Gasteiger partial charge in [0.1, 0.15) is 11.5 Å². The minimum Gasteiger partial charge on any atom is -0.494 e. The first-order chi connectivity index (χ1) is 11.0. The van der Waals surface area contributed by atoms with Crippen LogP contribution in [-0.2, 0) is 0 Å². The fourth-order valence-corrected chi connectivity index (χ4v) is 3.08. The van der Waals surface area contributed by atoms with Gasteiger partial charge in [-0.15, -0.1) is 11.6 Å². The van der Waals surface area contributed by atoms with E-state index in [0.717, 1.165) is 11.5 Å². The molecule has 0 aliphatic carbocycles. The summed E-state index contributed by atoms with van der Waals surface area (Å²) in [6.07, 6.45) is 0. The van der Waals surface area contributed by atoms with E-state index in [9.17, 15) is 0 Å². The van der Waals surface area contributed by atoms with E-state index >= 15 is 0 Å². The highest BCUT2D eigenvalue weighted by molar-refractivity contribution is 6.24. The van der Waals surface area contributed by atoms with Crippen molar-refractivity contribution in [2.24, 2.45) is 0 Å². The Bertz CT molecular complexity index is 548. The molecule has 0 atom stereocenters. The minimum absolute atomic E-state index is 0.0931. The third kappa shape index (κ3) is 4.65. The molecule has 0 bridgehead atoms. The maximum Gasteiger partial charge on any atom is 0.119 e. The topological polar surface area (TPSA) is 18.5 Å². The highest BCUT2D eigenvalue weighted by Gasteiger charge is 2.30. The van der Waals surface area contributed by atoms with Crippen LogP contribution in [0.25, 0.3) is 0 Å². The van der Waals surface area contributed by atoms with E-state index in [1.54, 1.807) is 0 Å². The first-order valence-corrected chi connectivity index (χ1v) is 8.48. The van der Waals surface area contributed by atoms with E-state index < -0.39 is 4.87 Å². The normalized spacial score (nSPS) is 11.6. The molecule has 0 aromatic heterocycles. The van der Waals surface area contributed by atoms with E-state index in [4.69, 9.17) is 21.1 Å². The van der Waals surface area contributed by atoms with E-state index in [-0.39, 0.29) is 5.92 Å². The van der Waals surface area contributed by atoms with Crippen molar-refractivity contribution in [3.8, 4) is 11.5 Å². The molecule has 2 rings (SSSR count). The van der Waals surface area contributed by atoms with Crippen molar-refractivity contribution in [3.05, 3.63) is 59.7 Å². The van der Waals surface area contributed by atoms with Crippen molar-refractivity contribution in [1.29, 1.82) is 0 Å². The van der Waals surface area contributed by atoms with Crippen molar-refractivity contribution in [3.63, 3.8) is 0 Å². The van der Waals surface area contributed by atoms with Gasteiger partial charge in [0.15, 0.2) is 0 Å². The molecular weight excluding hydrogens is 308 g/mol. The summed E-state index contributed by atoms with van der Waals surface area (Å²) in [5, 5.41) is 0. The molecule has 0 saturated heterocycles. The Kier molecular flexibility index (Phi) is 5.95. The number of ether oxygens (including phenoxy) is 2. The highest BCUT2D eigenvalue weighted by Crippen LogP contribution is 2.40. The molecule has 2 aromatic carbocycles. The molecule has 0 aliphatic heterocycles. The van der Waals surface area contributed by atoms with Crippen LogP contribution in [0.5, 0.6) is 11.5 Å². The standard InChI is InChI=1S/C20H25ClO2/c1-5-22-17-11-7-15(8-12-17)19(20(3,4)21)16-9-13-18(14-10-16)23-6-2/h7-14,19H,5-6H2,1-4H3. The molecule has 0 saturated carbocycles. The molecule has 2 aromatic rings. The summed E-state index contributed by atoms with van der Waals surface area (Å²) in [6.45, 7) is 9.40. The Morgan fingerprint density at radius 3 is 1.39 bits per heavy atom. The monoisotopic (exact) mass is 332 g/mol. The number of alkyl halides is 1. The fourth-order valence-electron chi connectivity index (χ4n) is 2.83. The van der Waals surface area contributed by atoms with E-state index in [1.807, 2.05) is 52.0 Å². The lowest BCUT2D eigenvalue weighted by atomic mass is 9.82. The van der Waals surface area contributed by atoms with Crippen LogP contribution in [0.4, 0.5) is 0 Å². The molecule has 0 heterocycles. The van der Waals surface area contributed by atoms with Gasteiger partial charge >= 0.3 is 0 Å². The molecule has 23 heavy (non-hydrogen) atoms.